The molecule has 2 heterocycles. The molecule has 3 nitrogen and oxygen atoms in total. The molecule has 0 saturated carbocycles. The van der Waals surface area contributed by atoms with Crippen molar-refractivity contribution in [2.45, 2.75) is 12.8 Å². The quantitative estimate of drug-likeness (QED) is 0.780. The van der Waals surface area contributed by atoms with Crippen molar-refractivity contribution < 1.29 is 4.79 Å². The first-order chi connectivity index (χ1) is 10.8. The first kappa shape index (κ1) is 13.3. The van der Waals surface area contributed by atoms with E-state index in [0.717, 1.165) is 48.3 Å². The third kappa shape index (κ3) is 2.14. The highest BCUT2D eigenvalue weighted by Gasteiger charge is 2.25. The van der Waals surface area contributed by atoms with Crippen molar-refractivity contribution in [2.24, 2.45) is 0 Å². The minimum absolute atomic E-state index is 0.0208. The molecule has 110 valence electrons. The van der Waals surface area contributed by atoms with Gasteiger partial charge >= 0.3 is 0 Å². The number of para-hydroxylation sites is 1. The van der Waals surface area contributed by atoms with E-state index in [9.17, 15) is 4.79 Å². The van der Waals surface area contributed by atoms with Crippen LogP contribution in [-0.4, -0.2) is 19.0 Å². The van der Waals surface area contributed by atoms with Gasteiger partial charge in [-0.25, -0.2) is 0 Å². The number of benzene rings is 2. The van der Waals surface area contributed by atoms with Crippen molar-refractivity contribution in [3.05, 3.63) is 70.8 Å². The Kier molecular flexibility index (Phi) is 3.28. The van der Waals surface area contributed by atoms with E-state index >= 15 is 0 Å². The van der Waals surface area contributed by atoms with Crippen molar-refractivity contribution >= 4 is 17.2 Å². The van der Waals surface area contributed by atoms with Crippen LogP contribution < -0.4 is 10.6 Å². The van der Waals surface area contributed by atoms with Crippen molar-refractivity contribution in [2.75, 3.05) is 18.4 Å². The van der Waals surface area contributed by atoms with Gasteiger partial charge < -0.3 is 10.6 Å². The Bertz CT molecular complexity index is 769. The highest BCUT2D eigenvalue weighted by Crippen LogP contribution is 2.38. The molecule has 1 fully saturated rings. The number of piperidine rings is 1. The topological polar surface area (TPSA) is 41.1 Å². The molecule has 0 spiro atoms. The Hall–Kier alpha value is -2.39. The van der Waals surface area contributed by atoms with E-state index in [-0.39, 0.29) is 5.91 Å². The van der Waals surface area contributed by atoms with E-state index in [1.165, 1.54) is 11.1 Å². The number of fused-ring (bicyclic) bond motifs is 2. The van der Waals surface area contributed by atoms with Gasteiger partial charge in [-0.3, -0.25) is 4.79 Å². The van der Waals surface area contributed by atoms with Crippen molar-refractivity contribution in [1.29, 1.82) is 0 Å². The zero-order valence-corrected chi connectivity index (χ0v) is 12.4. The van der Waals surface area contributed by atoms with Crippen LogP contribution >= 0.6 is 0 Å². The maximum Gasteiger partial charge on any atom is 0.256 e. The number of nitrogens with one attached hydrogen (secondary N) is 2. The predicted octanol–water partition coefficient (Wildman–Crippen LogP) is 3.44. The molecule has 1 amide bonds. The SMILES string of the molecule is O=C1Nc2ccccc2C(=C2CCNCC2)c2ccccc21. The summed E-state index contributed by atoms with van der Waals surface area (Å²) in [4.78, 5) is 12.6. The van der Waals surface area contributed by atoms with Crippen LogP contribution in [0.15, 0.2) is 54.1 Å². The average Bonchev–Trinajstić information content (AvgIpc) is 2.70. The third-order valence-electron chi connectivity index (χ3n) is 4.45. The van der Waals surface area contributed by atoms with Crippen LogP contribution in [0.1, 0.15) is 34.3 Å². The van der Waals surface area contributed by atoms with E-state index in [1.54, 1.807) is 0 Å². The summed E-state index contributed by atoms with van der Waals surface area (Å²) >= 11 is 0. The molecule has 2 aliphatic rings. The molecular formula is C19H18N2O. The molecule has 0 radical (unpaired) electrons. The number of carbonyl (C=O) groups excluding carboxylic acids is 1. The van der Waals surface area contributed by atoms with Gasteiger partial charge in [-0.1, -0.05) is 42.0 Å². The van der Waals surface area contributed by atoms with Gasteiger partial charge in [0.15, 0.2) is 0 Å². The highest BCUT2D eigenvalue weighted by atomic mass is 16.1. The van der Waals surface area contributed by atoms with Crippen molar-refractivity contribution in [3.63, 3.8) is 0 Å². The third-order valence-corrected chi connectivity index (χ3v) is 4.45. The molecule has 2 N–H and O–H groups in total. The zero-order chi connectivity index (χ0) is 14.9. The standard InChI is InChI=1S/C19H18N2O/c22-19-15-6-2-1-5-14(15)18(13-9-11-20-12-10-13)16-7-3-4-8-17(16)21-19/h1-8,20H,9-12H2,(H,21,22). The molecule has 0 atom stereocenters. The van der Waals surface area contributed by atoms with Gasteiger partial charge in [-0.05, 0) is 49.2 Å². The largest absolute Gasteiger partial charge is 0.321 e. The van der Waals surface area contributed by atoms with Crippen molar-refractivity contribution in [1.82, 2.24) is 5.32 Å². The van der Waals surface area contributed by atoms with Crippen LogP contribution in [0.4, 0.5) is 5.69 Å². The maximum absolute atomic E-state index is 12.6. The van der Waals surface area contributed by atoms with Crippen LogP contribution in [0.25, 0.3) is 5.57 Å². The number of amides is 1. The van der Waals surface area contributed by atoms with Crippen LogP contribution in [0, 0.1) is 0 Å². The minimum atomic E-state index is -0.0208. The summed E-state index contributed by atoms with van der Waals surface area (Å²) in [7, 11) is 0. The Labute approximate surface area is 130 Å². The monoisotopic (exact) mass is 290 g/mol. The summed E-state index contributed by atoms with van der Waals surface area (Å²) in [6.07, 6.45) is 2.07. The number of hydrogen-bond donors (Lipinski definition) is 2. The molecule has 22 heavy (non-hydrogen) atoms. The average molecular weight is 290 g/mol. The van der Waals surface area contributed by atoms with E-state index in [4.69, 9.17) is 0 Å². The van der Waals surface area contributed by atoms with Gasteiger partial charge in [0.05, 0.1) is 0 Å². The van der Waals surface area contributed by atoms with E-state index in [0.29, 0.717) is 0 Å². The molecule has 1 saturated heterocycles. The molecule has 2 aromatic rings. The fourth-order valence-corrected chi connectivity index (χ4v) is 3.40. The molecule has 4 rings (SSSR count). The van der Waals surface area contributed by atoms with E-state index in [1.807, 2.05) is 36.4 Å². The van der Waals surface area contributed by atoms with Crippen LogP contribution in [0.2, 0.25) is 0 Å². The molecule has 2 aromatic carbocycles. The zero-order valence-electron chi connectivity index (χ0n) is 12.4. The lowest BCUT2D eigenvalue weighted by atomic mass is 9.87. The molecule has 2 aliphatic heterocycles. The lowest BCUT2D eigenvalue weighted by Gasteiger charge is -2.21. The normalized spacial score (nSPS) is 17.4. The number of rotatable bonds is 0. The van der Waals surface area contributed by atoms with Gasteiger partial charge in [-0.2, -0.15) is 0 Å². The molecule has 0 unspecified atom stereocenters. The van der Waals surface area contributed by atoms with E-state index < -0.39 is 0 Å². The fourth-order valence-electron chi connectivity index (χ4n) is 3.40. The van der Waals surface area contributed by atoms with Gasteiger partial charge in [0.2, 0.25) is 0 Å². The first-order valence-corrected chi connectivity index (χ1v) is 7.77. The summed E-state index contributed by atoms with van der Waals surface area (Å²) in [6.45, 7) is 2.01. The van der Waals surface area contributed by atoms with Gasteiger partial charge in [0.1, 0.15) is 0 Å². The van der Waals surface area contributed by atoms with Crippen LogP contribution in [-0.2, 0) is 0 Å². The summed E-state index contributed by atoms with van der Waals surface area (Å²) in [5.41, 5.74) is 6.55. The number of anilines is 1. The Morgan fingerprint density at radius 2 is 1.41 bits per heavy atom. The second-order valence-corrected chi connectivity index (χ2v) is 5.77. The Morgan fingerprint density at radius 1 is 0.773 bits per heavy atom. The highest BCUT2D eigenvalue weighted by molar-refractivity contribution is 6.13. The fraction of sp³-hybridized carbons (Fsp3) is 0.211. The summed E-state index contributed by atoms with van der Waals surface area (Å²) in [5, 5.41) is 6.47. The molecular weight excluding hydrogens is 272 g/mol. The number of carbonyl (C=O) groups is 1. The summed E-state index contributed by atoms with van der Waals surface area (Å²) in [5.74, 6) is -0.0208. The maximum atomic E-state index is 12.6. The van der Waals surface area contributed by atoms with Gasteiger partial charge in [0, 0.05) is 16.8 Å². The molecule has 0 bridgehead atoms. The van der Waals surface area contributed by atoms with Gasteiger partial charge in [-0.15, -0.1) is 0 Å². The molecule has 3 heteroatoms. The minimum Gasteiger partial charge on any atom is -0.321 e. The van der Waals surface area contributed by atoms with Crippen LogP contribution in [0.3, 0.4) is 0 Å². The molecule has 0 aromatic heterocycles. The van der Waals surface area contributed by atoms with Gasteiger partial charge in [0.25, 0.3) is 5.91 Å². The van der Waals surface area contributed by atoms with Crippen LogP contribution in [0.5, 0.6) is 0 Å². The smallest absolute Gasteiger partial charge is 0.256 e. The predicted molar refractivity (Wildman–Crippen MR) is 89.0 cm³/mol. The second-order valence-electron chi connectivity index (χ2n) is 5.77. The van der Waals surface area contributed by atoms with Crippen molar-refractivity contribution in [3.8, 4) is 0 Å². The Morgan fingerprint density at radius 3 is 2.18 bits per heavy atom. The van der Waals surface area contributed by atoms with E-state index in [2.05, 4.69) is 22.8 Å². The first-order valence-electron chi connectivity index (χ1n) is 7.77. The second kappa shape index (κ2) is 5.43. The number of hydrogen-bond acceptors (Lipinski definition) is 2. The molecule has 0 aliphatic carbocycles. The summed E-state index contributed by atoms with van der Waals surface area (Å²) < 4.78 is 0. The lowest BCUT2D eigenvalue weighted by Crippen LogP contribution is -2.24. The summed E-state index contributed by atoms with van der Waals surface area (Å²) in [6, 6.07) is 16.0. The lowest BCUT2D eigenvalue weighted by molar-refractivity contribution is 0.102. The Balaban J connectivity index is 2.03.